The first-order valence-corrected chi connectivity index (χ1v) is 8.33. The maximum Gasteiger partial charge on any atom is 0.249 e. The van der Waals surface area contributed by atoms with Gasteiger partial charge >= 0.3 is 0 Å². The maximum absolute atomic E-state index is 12.9. The summed E-state index contributed by atoms with van der Waals surface area (Å²) >= 11 is 0. The van der Waals surface area contributed by atoms with E-state index < -0.39 is 0 Å². The molecule has 0 fully saturated rings. The third kappa shape index (κ3) is 5.35. The van der Waals surface area contributed by atoms with E-state index in [-0.39, 0.29) is 31.5 Å². The lowest BCUT2D eigenvalue weighted by atomic mass is 10.3. The number of ether oxygens (including phenoxy) is 1. The number of amides is 2. The van der Waals surface area contributed by atoms with Crippen molar-refractivity contribution in [2.24, 2.45) is 7.05 Å². The molecule has 26 heavy (non-hydrogen) atoms. The van der Waals surface area contributed by atoms with Crippen molar-refractivity contribution in [3.8, 4) is 0 Å². The lowest BCUT2D eigenvalue weighted by molar-refractivity contribution is -0.143. The highest BCUT2D eigenvalue weighted by atomic mass is 16.5. The second-order valence-corrected chi connectivity index (χ2v) is 5.94. The Balaban J connectivity index is 2.13. The van der Waals surface area contributed by atoms with Crippen LogP contribution in [0.15, 0.2) is 53.8 Å². The number of methoxy groups -OCH3 is 1. The fraction of sp³-hybridized carbons (Fsp3) is 0.368. The fourth-order valence-corrected chi connectivity index (χ4v) is 2.57. The topological polar surface area (TPSA) is 67.9 Å². The van der Waals surface area contributed by atoms with E-state index in [1.165, 1.54) is 12.0 Å². The van der Waals surface area contributed by atoms with Gasteiger partial charge in [0.2, 0.25) is 11.8 Å². The predicted octanol–water partition coefficient (Wildman–Crippen LogP) is 1.81. The molecule has 0 unspecified atom stereocenters. The van der Waals surface area contributed by atoms with Crippen LogP contribution in [0.1, 0.15) is 11.5 Å². The Hall–Kier alpha value is -2.80. The van der Waals surface area contributed by atoms with Crippen molar-refractivity contribution in [2.45, 2.75) is 13.1 Å². The average molecular weight is 359 g/mol. The Morgan fingerprint density at radius 3 is 2.62 bits per heavy atom. The van der Waals surface area contributed by atoms with Crippen molar-refractivity contribution < 1.29 is 18.7 Å². The van der Waals surface area contributed by atoms with Crippen LogP contribution in [0.3, 0.4) is 0 Å². The van der Waals surface area contributed by atoms with E-state index in [1.54, 1.807) is 23.3 Å². The van der Waals surface area contributed by atoms with Gasteiger partial charge in [-0.25, -0.2) is 0 Å². The molecule has 0 aliphatic heterocycles. The Morgan fingerprint density at radius 2 is 2.04 bits per heavy atom. The quantitative estimate of drug-likeness (QED) is 0.607. The summed E-state index contributed by atoms with van der Waals surface area (Å²) in [6.45, 7) is 4.57. The van der Waals surface area contributed by atoms with E-state index in [1.807, 2.05) is 36.0 Å². The molecule has 7 nitrogen and oxygen atoms in total. The molecule has 2 amide bonds. The number of hydrogen-bond donors (Lipinski definition) is 0. The highest BCUT2D eigenvalue weighted by Crippen LogP contribution is 2.12. The van der Waals surface area contributed by atoms with Crippen molar-refractivity contribution in [1.82, 2.24) is 14.4 Å². The number of nitrogens with zero attached hydrogens (tertiary/aromatic N) is 3. The molecule has 0 aliphatic carbocycles. The van der Waals surface area contributed by atoms with Crippen LogP contribution in [0.2, 0.25) is 0 Å². The van der Waals surface area contributed by atoms with Crippen molar-refractivity contribution >= 4 is 11.8 Å². The highest BCUT2D eigenvalue weighted by molar-refractivity contribution is 5.85. The number of aryl methyl sites for hydroxylation is 1. The summed E-state index contributed by atoms with van der Waals surface area (Å²) in [6.07, 6.45) is 5.10. The number of furan rings is 1. The summed E-state index contributed by atoms with van der Waals surface area (Å²) in [4.78, 5) is 28.1. The van der Waals surface area contributed by atoms with Crippen LogP contribution in [0.5, 0.6) is 0 Å². The lowest BCUT2D eigenvalue weighted by Crippen LogP contribution is -2.43. The Bertz CT molecular complexity index is 721. The van der Waals surface area contributed by atoms with Gasteiger partial charge in [-0.15, -0.1) is 6.58 Å². The molecule has 2 aromatic heterocycles. The van der Waals surface area contributed by atoms with Crippen molar-refractivity contribution in [2.75, 3.05) is 26.8 Å². The molecule has 0 aromatic carbocycles. The number of aromatic nitrogens is 1. The lowest BCUT2D eigenvalue weighted by Gasteiger charge is -2.26. The monoisotopic (exact) mass is 359 g/mol. The largest absolute Gasteiger partial charge is 0.467 e. The Kier molecular flexibility index (Phi) is 7.23. The third-order valence-electron chi connectivity index (χ3n) is 3.98. The molecule has 140 valence electrons. The van der Waals surface area contributed by atoms with E-state index in [0.29, 0.717) is 18.8 Å². The van der Waals surface area contributed by atoms with Crippen LogP contribution >= 0.6 is 0 Å². The van der Waals surface area contributed by atoms with Crippen LogP contribution < -0.4 is 0 Å². The number of carbonyl (C=O) groups is 2. The van der Waals surface area contributed by atoms with Gasteiger partial charge in [0, 0.05) is 32.6 Å². The second kappa shape index (κ2) is 9.62. The first-order chi connectivity index (χ1) is 12.5. The smallest absolute Gasteiger partial charge is 0.249 e. The summed E-state index contributed by atoms with van der Waals surface area (Å²) in [5.74, 6) is 0.262. The third-order valence-corrected chi connectivity index (χ3v) is 3.98. The SMILES string of the molecule is C=CCN(CC(=O)N(Cc1ccco1)Cc1cccn1C)C(=O)COC. The molecule has 7 heteroatoms. The zero-order chi connectivity index (χ0) is 18.9. The first kappa shape index (κ1) is 19.5. The van der Waals surface area contributed by atoms with Gasteiger partial charge in [0.1, 0.15) is 18.9 Å². The number of carbonyl (C=O) groups excluding carboxylic acids is 2. The minimum Gasteiger partial charge on any atom is -0.467 e. The van der Waals surface area contributed by atoms with Crippen LogP contribution in [0.4, 0.5) is 0 Å². The number of hydrogen-bond acceptors (Lipinski definition) is 4. The molecule has 0 atom stereocenters. The van der Waals surface area contributed by atoms with Crippen LogP contribution in [0.25, 0.3) is 0 Å². The highest BCUT2D eigenvalue weighted by Gasteiger charge is 2.22. The minimum absolute atomic E-state index is 0.0423. The van der Waals surface area contributed by atoms with E-state index in [9.17, 15) is 9.59 Å². The molecular weight excluding hydrogens is 334 g/mol. The van der Waals surface area contributed by atoms with Gasteiger partial charge in [-0.05, 0) is 24.3 Å². The van der Waals surface area contributed by atoms with Crippen LogP contribution in [-0.2, 0) is 34.5 Å². The molecule has 0 radical (unpaired) electrons. The van der Waals surface area contributed by atoms with Crippen molar-refractivity contribution in [3.05, 3.63) is 60.8 Å². The Morgan fingerprint density at radius 1 is 1.23 bits per heavy atom. The van der Waals surface area contributed by atoms with Gasteiger partial charge in [-0.2, -0.15) is 0 Å². The molecule has 2 aromatic rings. The fourth-order valence-electron chi connectivity index (χ4n) is 2.57. The summed E-state index contributed by atoms with van der Waals surface area (Å²) in [7, 11) is 3.38. The average Bonchev–Trinajstić information content (AvgIpc) is 3.26. The zero-order valence-electron chi connectivity index (χ0n) is 15.3. The molecule has 0 aliphatic rings. The molecular formula is C19H25N3O4. The van der Waals surface area contributed by atoms with Gasteiger partial charge in [-0.1, -0.05) is 6.08 Å². The summed E-state index contributed by atoms with van der Waals surface area (Å²) < 4.78 is 12.2. The minimum atomic E-state index is -0.252. The van der Waals surface area contributed by atoms with E-state index in [0.717, 1.165) is 5.69 Å². The second-order valence-electron chi connectivity index (χ2n) is 5.94. The maximum atomic E-state index is 12.9. The zero-order valence-corrected chi connectivity index (χ0v) is 15.3. The molecule has 2 heterocycles. The molecule has 0 N–H and O–H groups in total. The molecule has 0 spiro atoms. The van der Waals surface area contributed by atoms with Gasteiger partial charge in [0.25, 0.3) is 0 Å². The molecule has 0 saturated heterocycles. The molecule has 2 rings (SSSR count). The van der Waals surface area contributed by atoms with E-state index >= 15 is 0 Å². The summed E-state index contributed by atoms with van der Waals surface area (Å²) in [5.41, 5.74) is 0.989. The van der Waals surface area contributed by atoms with Crippen LogP contribution in [-0.4, -0.2) is 53.0 Å². The standard InChI is InChI=1S/C19H25N3O4/c1-4-9-21(19(24)15-25-3)14-18(23)22(13-17-8-6-11-26-17)12-16-7-5-10-20(16)2/h4-8,10-11H,1,9,12-15H2,2-3H3. The van der Waals surface area contributed by atoms with Gasteiger partial charge in [0.05, 0.1) is 19.4 Å². The molecule has 0 bridgehead atoms. The van der Waals surface area contributed by atoms with Crippen LogP contribution in [0, 0.1) is 0 Å². The van der Waals surface area contributed by atoms with Gasteiger partial charge in [0.15, 0.2) is 0 Å². The van der Waals surface area contributed by atoms with E-state index in [4.69, 9.17) is 9.15 Å². The van der Waals surface area contributed by atoms with Crippen molar-refractivity contribution in [3.63, 3.8) is 0 Å². The van der Waals surface area contributed by atoms with E-state index in [2.05, 4.69) is 6.58 Å². The van der Waals surface area contributed by atoms with Gasteiger partial charge < -0.3 is 23.5 Å². The number of rotatable bonds is 10. The Labute approximate surface area is 153 Å². The van der Waals surface area contributed by atoms with Gasteiger partial charge in [-0.3, -0.25) is 9.59 Å². The predicted molar refractivity (Wildman–Crippen MR) is 97.0 cm³/mol. The molecule has 0 saturated carbocycles. The first-order valence-electron chi connectivity index (χ1n) is 8.33. The summed E-state index contributed by atoms with van der Waals surface area (Å²) in [6, 6.07) is 7.49. The van der Waals surface area contributed by atoms with Crippen molar-refractivity contribution in [1.29, 1.82) is 0 Å². The normalized spacial score (nSPS) is 10.5. The summed E-state index contributed by atoms with van der Waals surface area (Å²) in [5, 5.41) is 0.